The van der Waals surface area contributed by atoms with Crippen LogP contribution in [0.4, 0.5) is 36.8 Å². The molecule has 1 saturated carbocycles. The minimum Gasteiger partial charge on any atom is -0.382 e. The van der Waals surface area contributed by atoms with E-state index in [2.05, 4.69) is 20.7 Å². The largest absolute Gasteiger partial charge is 0.433 e. The molecule has 2 fully saturated rings. The fraction of sp³-hybridized carbons (Fsp3) is 0.409. The van der Waals surface area contributed by atoms with Crippen molar-refractivity contribution in [1.82, 2.24) is 25.0 Å². The van der Waals surface area contributed by atoms with Gasteiger partial charge in [-0.25, -0.2) is 22.9 Å². The number of hydrogen-bond acceptors (Lipinski definition) is 4. The van der Waals surface area contributed by atoms with Gasteiger partial charge in [0.25, 0.3) is 5.92 Å². The van der Waals surface area contributed by atoms with Gasteiger partial charge in [-0.3, -0.25) is 4.68 Å². The fourth-order valence-electron chi connectivity index (χ4n) is 4.48. The first-order valence-electron chi connectivity index (χ1n) is 10.9. The maximum absolute atomic E-state index is 13.8. The zero-order valence-corrected chi connectivity index (χ0v) is 19.2. The average molecular weight is 533 g/mol. The van der Waals surface area contributed by atoms with Gasteiger partial charge in [-0.05, 0) is 24.3 Å². The zero-order valence-electron chi connectivity index (χ0n) is 18.4. The Kier molecular flexibility index (Phi) is 5.73. The van der Waals surface area contributed by atoms with Crippen molar-refractivity contribution >= 4 is 34.2 Å². The van der Waals surface area contributed by atoms with Crippen LogP contribution in [0.15, 0.2) is 36.7 Å². The molecule has 192 valence electrons. The van der Waals surface area contributed by atoms with Gasteiger partial charge >= 0.3 is 12.2 Å². The van der Waals surface area contributed by atoms with Crippen molar-refractivity contribution in [1.29, 1.82) is 0 Å². The van der Waals surface area contributed by atoms with Gasteiger partial charge in [0.15, 0.2) is 5.82 Å². The number of urea groups is 1. The lowest BCUT2D eigenvalue weighted by Crippen LogP contribution is -2.69. The van der Waals surface area contributed by atoms with Crippen LogP contribution in [0.5, 0.6) is 0 Å². The Bertz CT molecular complexity index is 1310. The number of aromatic nitrogens is 3. The molecule has 1 aliphatic heterocycles. The van der Waals surface area contributed by atoms with Gasteiger partial charge in [0.1, 0.15) is 11.2 Å². The summed E-state index contributed by atoms with van der Waals surface area (Å²) in [6.07, 6.45) is -3.49. The number of carbonyl (C=O) groups is 1. The highest BCUT2D eigenvalue weighted by molar-refractivity contribution is 6.31. The number of pyridine rings is 1. The van der Waals surface area contributed by atoms with Crippen LogP contribution in [0, 0.1) is 5.82 Å². The number of hydrogen-bond donors (Lipinski definition) is 2. The number of fused-ring (bicyclic) bond motifs is 1. The van der Waals surface area contributed by atoms with Crippen LogP contribution in [-0.2, 0) is 11.7 Å². The highest BCUT2D eigenvalue weighted by atomic mass is 35.5. The molecule has 2 aromatic heterocycles. The number of benzene rings is 1. The predicted octanol–water partition coefficient (Wildman–Crippen LogP) is 4.87. The molecule has 7 nitrogen and oxygen atoms in total. The lowest BCUT2D eigenvalue weighted by atomic mass is 9.87. The van der Waals surface area contributed by atoms with Crippen LogP contribution >= 0.6 is 11.6 Å². The molecule has 14 heteroatoms. The van der Waals surface area contributed by atoms with Gasteiger partial charge in [0, 0.05) is 41.5 Å². The van der Waals surface area contributed by atoms with Gasteiger partial charge < -0.3 is 15.5 Å². The Morgan fingerprint density at radius 3 is 2.53 bits per heavy atom. The fourth-order valence-corrected chi connectivity index (χ4v) is 4.66. The predicted molar refractivity (Wildman–Crippen MR) is 118 cm³/mol. The van der Waals surface area contributed by atoms with E-state index in [4.69, 9.17) is 11.6 Å². The first-order chi connectivity index (χ1) is 16.8. The summed E-state index contributed by atoms with van der Waals surface area (Å²) < 4.78 is 81.6. The number of carbonyl (C=O) groups excluding carboxylic acids is 1. The van der Waals surface area contributed by atoms with Crippen LogP contribution in [-0.4, -0.2) is 57.3 Å². The number of likely N-dealkylation sites (tertiary alicyclic amines) is 1. The van der Waals surface area contributed by atoms with Gasteiger partial charge in [-0.1, -0.05) is 11.6 Å². The molecular formula is C22H19ClF6N6O. The molecule has 2 N–H and O–H groups in total. The molecule has 36 heavy (non-hydrogen) atoms. The van der Waals surface area contributed by atoms with E-state index in [0.29, 0.717) is 10.4 Å². The van der Waals surface area contributed by atoms with E-state index in [0.717, 1.165) is 18.5 Å². The summed E-state index contributed by atoms with van der Waals surface area (Å²) in [6.45, 7) is 0.0141. The van der Waals surface area contributed by atoms with Crippen molar-refractivity contribution in [3.63, 3.8) is 0 Å². The first-order valence-corrected chi connectivity index (χ1v) is 11.3. The van der Waals surface area contributed by atoms with Gasteiger partial charge in [-0.15, -0.1) is 0 Å². The van der Waals surface area contributed by atoms with Crippen LogP contribution in [0.2, 0.25) is 5.02 Å². The number of halogens is 7. The number of alkyl halides is 5. The summed E-state index contributed by atoms with van der Waals surface area (Å²) >= 11 is 6.05. The lowest BCUT2D eigenvalue weighted by molar-refractivity contribution is -0.140. The molecule has 1 aliphatic carbocycles. The van der Waals surface area contributed by atoms with E-state index >= 15 is 0 Å². The van der Waals surface area contributed by atoms with Crippen molar-refractivity contribution in [3.8, 4) is 0 Å². The minimum absolute atomic E-state index is 0.0198. The Hall–Kier alpha value is -3.22. The number of anilines is 1. The Balaban J connectivity index is 1.38. The second-order valence-electron chi connectivity index (χ2n) is 9.16. The number of nitrogens with zero attached hydrogens (tertiary/aromatic N) is 4. The summed E-state index contributed by atoms with van der Waals surface area (Å²) in [5, 5.41) is 10.1. The second kappa shape index (κ2) is 8.43. The molecule has 2 aliphatic rings. The SMILES string of the molecule is O=C(NC1CC(F)(F)C1)N1CC(CNc2cc(C(F)(F)F)nc3ccc(Cl)cc23)(n2cc(F)cn2)C1. The van der Waals surface area contributed by atoms with Crippen molar-refractivity contribution < 1.29 is 31.1 Å². The molecule has 0 spiro atoms. The summed E-state index contributed by atoms with van der Waals surface area (Å²) in [6, 6.07) is 3.93. The third-order valence-corrected chi connectivity index (χ3v) is 6.62. The molecule has 1 aromatic carbocycles. The van der Waals surface area contributed by atoms with Crippen LogP contribution in [0.25, 0.3) is 10.9 Å². The van der Waals surface area contributed by atoms with Crippen molar-refractivity contribution in [2.24, 2.45) is 0 Å². The quantitative estimate of drug-likeness (QED) is 0.460. The Labute approximate surface area is 205 Å². The minimum atomic E-state index is -4.70. The average Bonchev–Trinajstić information content (AvgIpc) is 3.17. The topological polar surface area (TPSA) is 75.1 Å². The molecule has 1 saturated heterocycles. The number of nitrogens with one attached hydrogen (secondary N) is 2. The van der Waals surface area contributed by atoms with Gasteiger partial charge in [0.05, 0.1) is 31.0 Å². The molecule has 5 rings (SSSR count). The van der Waals surface area contributed by atoms with Gasteiger partial charge in [-0.2, -0.15) is 18.3 Å². The Morgan fingerprint density at radius 1 is 1.19 bits per heavy atom. The monoisotopic (exact) mass is 532 g/mol. The van der Waals surface area contributed by atoms with E-state index in [1.165, 1.54) is 27.8 Å². The van der Waals surface area contributed by atoms with Crippen molar-refractivity contribution in [2.75, 3.05) is 25.0 Å². The van der Waals surface area contributed by atoms with Crippen molar-refractivity contribution in [2.45, 2.75) is 36.5 Å². The maximum Gasteiger partial charge on any atom is 0.433 e. The molecule has 0 radical (unpaired) electrons. The van der Waals surface area contributed by atoms with E-state index in [1.54, 1.807) is 0 Å². The van der Waals surface area contributed by atoms with E-state index in [9.17, 15) is 31.1 Å². The molecule has 2 amide bonds. The highest BCUT2D eigenvalue weighted by Gasteiger charge is 2.50. The second-order valence-corrected chi connectivity index (χ2v) is 9.60. The normalized spacial score (nSPS) is 19.0. The standard InChI is InChI=1S/C22H19ClF6N6O/c23-12-1-2-16-15(3-12)17(4-18(33-16)22(27,28)29)30-9-20(35-8-13(24)7-31-35)10-34(11-20)19(36)32-14-5-21(25,26)6-14/h1-4,7-8,14H,5-6,9-11H2,(H,30,33)(H,32,36). The van der Waals surface area contributed by atoms with E-state index < -0.39 is 54.1 Å². The van der Waals surface area contributed by atoms with E-state index in [1.807, 2.05) is 0 Å². The molecule has 3 heterocycles. The Morgan fingerprint density at radius 2 is 1.92 bits per heavy atom. The first kappa shape index (κ1) is 24.5. The third kappa shape index (κ3) is 4.63. The lowest BCUT2D eigenvalue weighted by Gasteiger charge is -2.50. The summed E-state index contributed by atoms with van der Waals surface area (Å²) in [5.74, 6) is -3.42. The highest BCUT2D eigenvalue weighted by Crippen LogP contribution is 2.39. The van der Waals surface area contributed by atoms with Crippen molar-refractivity contribution in [3.05, 3.63) is 53.2 Å². The molecule has 0 atom stereocenters. The molecule has 3 aromatic rings. The summed E-state index contributed by atoms with van der Waals surface area (Å²) in [4.78, 5) is 17.5. The van der Waals surface area contributed by atoms with Crippen LogP contribution in [0.3, 0.4) is 0 Å². The smallest absolute Gasteiger partial charge is 0.382 e. The van der Waals surface area contributed by atoms with Crippen LogP contribution < -0.4 is 10.6 Å². The maximum atomic E-state index is 13.8. The summed E-state index contributed by atoms with van der Waals surface area (Å²) in [7, 11) is 0. The van der Waals surface area contributed by atoms with Crippen LogP contribution in [0.1, 0.15) is 18.5 Å². The number of rotatable bonds is 5. The zero-order chi connectivity index (χ0) is 25.9. The van der Waals surface area contributed by atoms with Gasteiger partial charge in [0.2, 0.25) is 0 Å². The summed E-state index contributed by atoms with van der Waals surface area (Å²) in [5.41, 5.74) is -1.94. The molecule has 0 bridgehead atoms. The number of amides is 2. The molecule has 0 unspecified atom stereocenters. The van der Waals surface area contributed by atoms with E-state index in [-0.39, 0.29) is 30.8 Å². The molecular weight excluding hydrogens is 514 g/mol. The third-order valence-electron chi connectivity index (χ3n) is 6.38.